The molecule has 2 aromatic carbocycles. The van der Waals surface area contributed by atoms with Crippen molar-refractivity contribution < 1.29 is 27.5 Å². The van der Waals surface area contributed by atoms with Crippen LogP contribution in [0.25, 0.3) is 0 Å². The van der Waals surface area contributed by atoms with Crippen LogP contribution < -0.4 is 10.0 Å². The van der Waals surface area contributed by atoms with Crippen LogP contribution in [-0.4, -0.2) is 38.7 Å². The molecule has 30 heavy (non-hydrogen) atoms. The van der Waals surface area contributed by atoms with Gasteiger partial charge in [0, 0.05) is 5.56 Å². The Balaban J connectivity index is 1.95. The number of halogens is 2. The first-order chi connectivity index (χ1) is 14.0. The normalized spacial score (nSPS) is 12.1. The van der Waals surface area contributed by atoms with Gasteiger partial charge in [0.2, 0.25) is 10.0 Å². The number of amides is 1. The number of sulfonamides is 1. The molecule has 0 bridgehead atoms. The number of esters is 1. The van der Waals surface area contributed by atoms with E-state index in [2.05, 4.69) is 10.0 Å². The van der Waals surface area contributed by atoms with E-state index in [1.165, 1.54) is 32.0 Å². The highest BCUT2D eigenvalue weighted by atomic mass is 35.5. The highest BCUT2D eigenvalue weighted by Gasteiger charge is 2.22. The molecule has 2 N–H and O–H groups in total. The molecule has 1 amide bonds. The summed E-state index contributed by atoms with van der Waals surface area (Å²) < 4.78 is 31.5. The van der Waals surface area contributed by atoms with Gasteiger partial charge >= 0.3 is 5.97 Å². The largest absolute Gasteiger partial charge is 0.452 e. The van der Waals surface area contributed by atoms with E-state index in [1.54, 1.807) is 18.2 Å². The number of anilines is 1. The van der Waals surface area contributed by atoms with Crippen molar-refractivity contribution in [2.75, 3.05) is 11.9 Å². The van der Waals surface area contributed by atoms with Crippen molar-refractivity contribution in [3.05, 3.63) is 58.1 Å². The van der Waals surface area contributed by atoms with Gasteiger partial charge in [-0.25, -0.2) is 8.42 Å². The lowest BCUT2D eigenvalue weighted by atomic mass is 10.1. The van der Waals surface area contributed by atoms with Gasteiger partial charge in [-0.3, -0.25) is 14.4 Å². The highest BCUT2D eigenvalue weighted by molar-refractivity contribution is 7.89. The van der Waals surface area contributed by atoms with E-state index in [1.807, 2.05) is 0 Å². The maximum absolute atomic E-state index is 12.2. The van der Waals surface area contributed by atoms with Gasteiger partial charge in [0.05, 0.1) is 20.6 Å². The lowest BCUT2D eigenvalue weighted by Gasteiger charge is -2.15. The second kappa shape index (κ2) is 10.0. The summed E-state index contributed by atoms with van der Waals surface area (Å²) in [4.78, 5) is 35.6. The Bertz CT molecular complexity index is 1090. The Hall–Kier alpha value is -2.46. The Kier molecular flexibility index (Phi) is 7.96. The van der Waals surface area contributed by atoms with Crippen LogP contribution in [0.5, 0.6) is 0 Å². The van der Waals surface area contributed by atoms with E-state index in [-0.39, 0.29) is 26.4 Å². The molecular weight excluding hydrogens is 455 g/mol. The summed E-state index contributed by atoms with van der Waals surface area (Å²) in [5, 5.41) is 2.73. The van der Waals surface area contributed by atoms with Gasteiger partial charge in [0.1, 0.15) is 6.54 Å². The van der Waals surface area contributed by atoms with Crippen molar-refractivity contribution in [1.82, 2.24) is 4.72 Å². The summed E-state index contributed by atoms with van der Waals surface area (Å²) in [6.07, 6.45) is -1.23. The van der Waals surface area contributed by atoms with Crippen molar-refractivity contribution in [1.29, 1.82) is 0 Å². The fourth-order valence-corrected chi connectivity index (χ4v) is 3.66. The Morgan fingerprint density at radius 3 is 2.37 bits per heavy atom. The van der Waals surface area contributed by atoms with Crippen molar-refractivity contribution in [3.8, 4) is 0 Å². The molecular formula is C19H18Cl2N2O6S. The summed E-state index contributed by atoms with van der Waals surface area (Å²) in [6, 6.07) is 10.0. The van der Waals surface area contributed by atoms with Crippen LogP contribution >= 0.6 is 23.2 Å². The second-order valence-electron chi connectivity index (χ2n) is 6.12. The molecule has 0 radical (unpaired) electrons. The lowest BCUT2D eigenvalue weighted by Crippen LogP contribution is -2.36. The Labute approximate surface area is 183 Å². The number of hydrogen-bond donors (Lipinski definition) is 2. The van der Waals surface area contributed by atoms with E-state index in [0.717, 1.165) is 6.07 Å². The minimum atomic E-state index is -4.05. The number of ketones is 1. The van der Waals surface area contributed by atoms with E-state index < -0.39 is 34.5 Å². The zero-order valence-electron chi connectivity index (χ0n) is 15.9. The molecule has 0 saturated heterocycles. The Morgan fingerprint density at radius 2 is 1.73 bits per heavy atom. The topological polar surface area (TPSA) is 119 Å². The first-order valence-electron chi connectivity index (χ1n) is 8.56. The Morgan fingerprint density at radius 1 is 1.07 bits per heavy atom. The maximum atomic E-state index is 12.2. The van der Waals surface area contributed by atoms with Crippen molar-refractivity contribution in [3.63, 3.8) is 0 Å². The average molecular weight is 473 g/mol. The van der Waals surface area contributed by atoms with E-state index in [9.17, 15) is 22.8 Å². The first kappa shape index (κ1) is 23.8. The van der Waals surface area contributed by atoms with E-state index in [4.69, 9.17) is 27.9 Å². The summed E-state index contributed by atoms with van der Waals surface area (Å²) >= 11 is 11.6. The molecule has 0 spiro atoms. The van der Waals surface area contributed by atoms with Crippen LogP contribution in [0.15, 0.2) is 47.4 Å². The minimum Gasteiger partial charge on any atom is -0.452 e. The molecule has 2 aromatic rings. The molecule has 0 aliphatic heterocycles. The average Bonchev–Trinajstić information content (AvgIpc) is 2.68. The summed E-state index contributed by atoms with van der Waals surface area (Å²) in [5.74, 6) is -1.89. The van der Waals surface area contributed by atoms with Gasteiger partial charge < -0.3 is 10.1 Å². The molecule has 0 aliphatic rings. The van der Waals surface area contributed by atoms with Crippen LogP contribution in [0.1, 0.15) is 24.2 Å². The zero-order valence-corrected chi connectivity index (χ0v) is 18.3. The number of carbonyl (C=O) groups excluding carboxylic acids is 3. The molecule has 8 nitrogen and oxygen atoms in total. The van der Waals surface area contributed by atoms with E-state index >= 15 is 0 Å². The van der Waals surface area contributed by atoms with Crippen LogP contribution in [-0.2, 0) is 24.3 Å². The van der Waals surface area contributed by atoms with Crippen molar-refractivity contribution >= 4 is 56.6 Å². The molecule has 0 unspecified atom stereocenters. The molecule has 1 atom stereocenters. The molecule has 160 valence electrons. The molecule has 0 aliphatic carbocycles. The third-order valence-electron chi connectivity index (χ3n) is 3.85. The van der Waals surface area contributed by atoms with Crippen LogP contribution in [0.3, 0.4) is 0 Å². The van der Waals surface area contributed by atoms with Crippen LogP contribution in [0.2, 0.25) is 10.0 Å². The van der Waals surface area contributed by atoms with Crippen molar-refractivity contribution in [2.45, 2.75) is 24.8 Å². The van der Waals surface area contributed by atoms with Crippen LogP contribution in [0.4, 0.5) is 5.69 Å². The molecule has 0 saturated carbocycles. The highest BCUT2D eigenvalue weighted by Crippen LogP contribution is 2.24. The number of Topliss-reactive ketones (excluding diaryl/α,β-unsaturated/α-hetero) is 1. The van der Waals surface area contributed by atoms with Gasteiger partial charge in [0.15, 0.2) is 11.9 Å². The summed E-state index contributed by atoms with van der Waals surface area (Å²) in [6.45, 7) is 1.97. The number of nitrogens with one attached hydrogen (secondary N) is 2. The number of rotatable bonds is 8. The quantitative estimate of drug-likeness (QED) is 0.450. The molecule has 2 rings (SSSR count). The number of benzene rings is 2. The molecule has 0 heterocycles. The monoisotopic (exact) mass is 472 g/mol. The number of hydrogen-bond acceptors (Lipinski definition) is 6. The SMILES string of the molecule is CC(=O)c1ccccc1NC(=O)[C@@H](C)OC(=O)CNS(=O)(=O)c1ccc(Cl)c(Cl)c1. The van der Waals surface area contributed by atoms with Gasteiger partial charge in [-0.2, -0.15) is 4.72 Å². The second-order valence-corrected chi connectivity index (χ2v) is 8.70. The van der Waals surface area contributed by atoms with Gasteiger partial charge in [-0.1, -0.05) is 35.3 Å². The van der Waals surface area contributed by atoms with Gasteiger partial charge in [0.25, 0.3) is 5.91 Å². The number of ether oxygens (including phenoxy) is 1. The summed E-state index contributed by atoms with van der Waals surface area (Å²) in [7, 11) is -4.05. The minimum absolute atomic E-state index is 0.0400. The fraction of sp³-hybridized carbons (Fsp3) is 0.211. The molecule has 0 fully saturated rings. The van der Waals surface area contributed by atoms with E-state index in [0.29, 0.717) is 5.56 Å². The molecule has 0 aromatic heterocycles. The van der Waals surface area contributed by atoms with Gasteiger partial charge in [-0.05, 0) is 44.2 Å². The number of carbonyl (C=O) groups is 3. The van der Waals surface area contributed by atoms with Crippen molar-refractivity contribution in [2.24, 2.45) is 0 Å². The fourth-order valence-electron chi connectivity index (χ4n) is 2.31. The predicted molar refractivity (Wildman–Crippen MR) is 112 cm³/mol. The predicted octanol–water partition coefficient (Wildman–Crippen LogP) is 3.04. The van der Waals surface area contributed by atoms with Gasteiger partial charge in [-0.15, -0.1) is 0 Å². The zero-order chi connectivity index (χ0) is 22.5. The first-order valence-corrected chi connectivity index (χ1v) is 10.8. The molecule has 11 heteroatoms. The third-order valence-corrected chi connectivity index (χ3v) is 5.99. The smallest absolute Gasteiger partial charge is 0.321 e. The maximum Gasteiger partial charge on any atom is 0.321 e. The number of para-hydroxylation sites is 1. The lowest BCUT2D eigenvalue weighted by molar-refractivity contribution is -0.151. The summed E-state index contributed by atoms with van der Waals surface area (Å²) in [5.41, 5.74) is 0.581. The van der Waals surface area contributed by atoms with Crippen LogP contribution in [0, 0.1) is 0 Å². The third kappa shape index (κ3) is 6.27. The standard InChI is InChI=1S/C19H18Cl2N2O6S/c1-11(24)14-5-3-4-6-17(14)23-19(26)12(2)29-18(25)10-22-30(27,28)13-7-8-15(20)16(21)9-13/h3-9,12,22H,10H2,1-2H3,(H,23,26)/t12-/m1/s1.